The summed E-state index contributed by atoms with van der Waals surface area (Å²) in [5, 5.41) is 4.17. The van der Waals surface area contributed by atoms with Crippen molar-refractivity contribution in [3.8, 4) is 0 Å². The van der Waals surface area contributed by atoms with Crippen molar-refractivity contribution in [1.82, 2.24) is 19.9 Å². The predicted molar refractivity (Wildman–Crippen MR) is 77.5 cm³/mol. The Morgan fingerprint density at radius 2 is 1.90 bits per heavy atom. The summed E-state index contributed by atoms with van der Waals surface area (Å²) >= 11 is 0. The van der Waals surface area contributed by atoms with Crippen LogP contribution in [0.2, 0.25) is 0 Å². The Morgan fingerprint density at radius 1 is 1.14 bits per heavy atom. The molecular formula is C15H19N5O. The van der Waals surface area contributed by atoms with Gasteiger partial charge in [0.25, 0.3) is 0 Å². The first-order valence-electron chi connectivity index (χ1n) is 7.42. The second-order valence-corrected chi connectivity index (χ2v) is 5.73. The maximum absolute atomic E-state index is 6.21. The molecule has 2 atom stereocenters. The van der Waals surface area contributed by atoms with Gasteiger partial charge in [-0.3, -0.25) is 9.80 Å². The third kappa shape index (κ3) is 2.35. The van der Waals surface area contributed by atoms with E-state index >= 15 is 0 Å². The highest BCUT2D eigenvalue weighted by molar-refractivity contribution is 5.23. The van der Waals surface area contributed by atoms with Crippen molar-refractivity contribution in [2.45, 2.75) is 12.1 Å². The molecular weight excluding hydrogens is 266 g/mol. The van der Waals surface area contributed by atoms with Crippen LogP contribution in [-0.2, 0) is 0 Å². The largest absolute Gasteiger partial charge is 0.337 e. The molecule has 0 spiro atoms. The lowest BCUT2D eigenvalue weighted by molar-refractivity contribution is 0.00781. The molecule has 5 rings (SSSR count). The molecule has 6 nitrogen and oxygen atoms in total. The van der Waals surface area contributed by atoms with Gasteiger partial charge < -0.3 is 10.3 Å². The molecule has 4 heterocycles. The number of piperazine rings is 3. The smallest absolute Gasteiger partial charge is 0.248 e. The van der Waals surface area contributed by atoms with Crippen molar-refractivity contribution in [3.63, 3.8) is 0 Å². The molecule has 21 heavy (non-hydrogen) atoms. The van der Waals surface area contributed by atoms with Crippen LogP contribution in [0.5, 0.6) is 0 Å². The standard InChI is InChI=1S/C15H19N5O/c16-13(11-4-2-1-3-5-11)15-17-14(18-21-15)12-10-19-6-8-20(12)9-7-19/h1-5,12-13H,6-10,16H2/t12?,13-/m0/s1. The van der Waals surface area contributed by atoms with E-state index in [-0.39, 0.29) is 12.1 Å². The number of nitrogens with two attached hydrogens (primary N) is 1. The van der Waals surface area contributed by atoms with Crippen LogP contribution in [0.15, 0.2) is 34.9 Å². The van der Waals surface area contributed by atoms with Gasteiger partial charge in [-0.25, -0.2) is 0 Å². The molecule has 1 aromatic carbocycles. The molecule has 0 radical (unpaired) electrons. The van der Waals surface area contributed by atoms with Gasteiger partial charge in [0.2, 0.25) is 5.89 Å². The van der Waals surface area contributed by atoms with Crippen molar-refractivity contribution in [3.05, 3.63) is 47.6 Å². The highest BCUT2D eigenvalue weighted by Crippen LogP contribution is 2.28. The molecule has 3 fully saturated rings. The van der Waals surface area contributed by atoms with Gasteiger partial charge in [0.15, 0.2) is 5.82 Å². The number of fused-ring (bicyclic) bond motifs is 3. The maximum Gasteiger partial charge on any atom is 0.248 e. The Hall–Kier alpha value is -1.76. The van der Waals surface area contributed by atoms with Crippen molar-refractivity contribution in [2.75, 3.05) is 32.7 Å². The molecule has 110 valence electrons. The zero-order valence-electron chi connectivity index (χ0n) is 11.9. The molecule has 0 amide bonds. The minimum Gasteiger partial charge on any atom is -0.337 e. The summed E-state index contributed by atoms with van der Waals surface area (Å²) in [6.45, 7) is 5.44. The van der Waals surface area contributed by atoms with Crippen LogP contribution >= 0.6 is 0 Å². The van der Waals surface area contributed by atoms with Gasteiger partial charge in [-0.05, 0) is 5.56 Å². The number of benzene rings is 1. The molecule has 3 aliphatic rings. The van der Waals surface area contributed by atoms with Crippen LogP contribution in [0.1, 0.15) is 29.4 Å². The predicted octanol–water partition coefficient (Wildman–Crippen LogP) is 0.790. The molecule has 6 heteroatoms. The Labute approximate surface area is 123 Å². The molecule has 3 saturated heterocycles. The Bertz CT molecular complexity index is 606. The lowest BCUT2D eigenvalue weighted by atomic mass is 10.1. The zero-order valence-corrected chi connectivity index (χ0v) is 11.9. The van der Waals surface area contributed by atoms with Crippen LogP contribution < -0.4 is 5.73 Å². The van der Waals surface area contributed by atoms with Crippen LogP contribution in [0.4, 0.5) is 0 Å². The molecule has 1 aromatic heterocycles. The van der Waals surface area contributed by atoms with Crippen LogP contribution in [0, 0.1) is 0 Å². The summed E-state index contributed by atoms with van der Waals surface area (Å²) < 4.78 is 5.41. The summed E-state index contributed by atoms with van der Waals surface area (Å²) in [5.74, 6) is 1.26. The first kappa shape index (κ1) is 12.9. The quantitative estimate of drug-likeness (QED) is 0.899. The first-order chi connectivity index (χ1) is 10.3. The van der Waals surface area contributed by atoms with Crippen molar-refractivity contribution in [1.29, 1.82) is 0 Å². The second kappa shape index (κ2) is 5.22. The number of nitrogens with zero attached hydrogens (tertiary/aromatic N) is 4. The van der Waals surface area contributed by atoms with E-state index in [0.717, 1.165) is 44.1 Å². The molecule has 2 bridgehead atoms. The van der Waals surface area contributed by atoms with E-state index in [1.54, 1.807) is 0 Å². The van der Waals surface area contributed by atoms with E-state index in [0.29, 0.717) is 5.89 Å². The lowest BCUT2D eigenvalue weighted by Gasteiger charge is -2.46. The maximum atomic E-state index is 6.21. The summed E-state index contributed by atoms with van der Waals surface area (Å²) in [6.07, 6.45) is 0. The third-order valence-electron chi connectivity index (χ3n) is 4.46. The lowest BCUT2D eigenvalue weighted by Crippen LogP contribution is -2.57. The highest BCUT2D eigenvalue weighted by atomic mass is 16.5. The van der Waals surface area contributed by atoms with Gasteiger partial charge in [0.05, 0.1) is 6.04 Å². The fourth-order valence-corrected chi connectivity index (χ4v) is 3.17. The Morgan fingerprint density at radius 3 is 2.57 bits per heavy atom. The molecule has 3 aliphatic heterocycles. The normalized spacial score (nSPS) is 29.5. The molecule has 1 unspecified atom stereocenters. The topological polar surface area (TPSA) is 71.4 Å². The van der Waals surface area contributed by atoms with Gasteiger partial charge >= 0.3 is 0 Å². The minimum atomic E-state index is -0.358. The molecule has 2 aromatic rings. The zero-order chi connectivity index (χ0) is 14.2. The summed E-state index contributed by atoms with van der Waals surface area (Å²) in [6, 6.07) is 9.74. The minimum absolute atomic E-state index is 0.243. The SMILES string of the molecule is N[C@@H](c1ccccc1)c1nc(C2CN3CCN2CC3)no1. The van der Waals surface area contributed by atoms with E-state index < -0.39 is 0 Å². The van der Waals surface area contributed by atoms with Gasteiger partial charge in [-0.15, -0.1) is 0 Å². The fourth-order valence-electron chi connectivity index (χ4n) is 3.17. The van der Waals surface area contributed by atoms with Crippen LogP contribution in [-0.4, -0.2) is 52.7 Å². The summed E-state index contributed by atoms with van der Waals surface area (Å²) in [4.78, 5) is 9.45. The van der Waals surface area contributed by atoms with E-state index in [2.05, 4.69) is 19.9 Å². The van der Waals surface area contributed by atoms with Crippen molar-refractivity contribution < 1.29 is 4.52 Å². The third-order valence-corrected chi connectivity index (χ3v) is 4.46. The van der Waals surface area contributed by atoms with Gasteiger partial charge in [0, 0.05) is 32.7 Å². The molecule has 0 saturated carbocycles. The summed E-state index contributed by atoms with van der Waals surface area (Å²) in [5.41, 5.74) is 7.20. The molecule has 0 aliphatic carbocycles. The van der Waals surface area contributed by atoms with E-state index in [1.165, 1.54) is 0 Å². The van der Waals surface area contributed by atoms with Crippen LogP contribution in [0.25, 0.3) is 0 Å². The summed E-state index contributed by atoms with van der Waals surface area (Å²) in [7, 11) is 0. The van der Waals surface area contributed by atoms with E-state index in [4.69, 9.17) is 10.3 Å². The van der Waals surface area contributed by atoms with E-state index in [1.807, 2.05) is 30.3 Å². The fraction of sp³-hybridized carbons (Fsp3) is 0.467. The number of rotatable bonds is 3. The number of aromatic nitrogens is 2. The average Bonchev–Trinajstić information content (AvgIpc) is 3.06. The average molecular weight is 285 g/mol. The van der Waals surface area contributed by atoms with Crippen molar-refractivity contribution >= 4 is 0 Å². The van der Waals surface area contributed by atoms with Gasteiger partial charge in [-0.1, -0.05) is 35.5 Å². The van der Waals surface area contributed by atoms with Crippen molar-refractivity contribution in [2.24, 2.45) is 5.73 Å². The number of hydrogen-bond acceptors (Lipinski definition) is 6. The van der Waals surface area contributed by atoms with E-state index in [9.17, 15) is 0 Å². The molecule has 2 N–H and O–H groups in total. The van der Waals surface area contributed by atoms with Crippen LogP contribution in [0.3, 0.4) is 0 Å². The second-order valence-electron chi connectivity index (χ2n) is 5.73. The van der Waals surface area contributed by atoms with Gasteiger partial charge in [0.1, 0.15) is 6.04 Å². The monoisotopic (exact) mass is 285 g/mol. The highest BCUT2D eigenvalue weighted by Gasteiger charge is 2.36. The Kier molecular flexibility index (Phi) is 3.21. The van der Waals surface area contributed by atoms with Gasteiger partial charge in [-0.2, -0.15) is 4.98 Å². The Balaban J connectivity index is 1.56. The number of hydrogen-bond donors (Lipinski definition) is 1. The first-order valence-corrected chi connectivity index (χ1v) is 7.42.